The van der Waals surface area contributed by atoms with Gasteiger partial charge in [0.25, 0.3) is 5.91 Å². The molecule has 5 heteroatoms. The number of hydrogen-bond acceptors (Lipinski definition) is 4. The van der Waals surface area contributed by atoms with Crippen LogP contribution in [0.15, 0.2) is 42.6 Å². The summed E-state index contributed by atoms with van der Waals surface area (Å²) in [7, 11) is 1.65. The minimum absolute atomic E-state index is 0.0861. The van der Waals surface area contributed by atoms with Crippen molar-refractivity contribution in [3.63, 3.8) is 0 Å². The molecule has 1 amide bonds. The second-order valence-electron chi connectivity index (χ2n) is 7.12. The van der Waals surface area contributed by atoms with Crippen LogP contribution in [0.25, 0.3) is 0 Å². The lowest BCUT2D eigenvalue weighted by molar-refractivity contribution is 0.0954. The molecule has 0 spiro atoms. The summed E-state index contributed by atoms with van der Waals surface area (Å²) in [5.41, 5.74) is 1.76. The Morgan fingerprint density at radius 3 is 2.44 bits per heavy atom. The Morgan fingerprint density at radius 1 is 1.07 bits per heavy atom. The predicted molar refractivity (Wildman–Crippen MR) is 108 cm³/mol. The van der Waals surface area contributed by atoms with E-state index in [-0.39, 0.29) is 5.91 Å². The molecule has 2 N–H and O–H groups in total. The lowest BCUT2D eigenvalue weighted by Gasteiger charge is -2.16. The van der Waals surface area contributed by atoms with Crippen molar-refractivity contribution in [3.05, 3.63) is 53.7 Å². The summed E-state index contributed by atoms with van der Waals surface area (Å²) in [5, 5.41) is 6.46. The van der Waals surface area contributed by atoms with Gasteiger partial charge in [0.1, 0.15) is 11.6 Å². The number of nitrogens with one attached hydrogen (secondary N) is 2. The minimum Gasteiger partial charge on any atom is -0.497 e. The third kappa shape index (κ3) is 5.98. The van der Waals surface area contributed by atoms with E-state index in [1.54, 1.807) is 13.3 Å². The van der Waals surface area contributed by atoms with E-state index in [4.69, 9.17) is 4.74 Å². The van der Waals surface area contributed by atoms with Crippen LogP contribution in [0.3, 0.4) is 0 Å². The molecular weight excluding hydrogens is 338 g/mol. The topological polar surface area (TPSA) is 63.2 Å². The summed E-state index contributed by atoms with van der Waals surface area (Å²) in [5.74, 6) is 1.61. The molecule has 1 saturated carbocycles. The molecule has 1 aliphatic rings. The van der Waals surface area contributed by atoms with Crippen LogP contribution in [0.5, 0.6) is 5.75 Å². The van der Waals surface area contributed by atoms with Crippen LogP contribution in [0.2, 0.25) is 0 Å². The number of benzene rings is 1. The molecule has 0 bridgehead atoms. The highest BCUT2D eigenvalue weighted by Gasteiger charge is 2.13. The van der Waals surface area contributed by atoms with E-state index in [1.807, 2.05) is 36.4 Å². The number of amides is 1. The number of aromatic nitrogens is 1. The third-order valence-corrected chi connectivity index (χ3v) is 5.09. The molecule has 1 aliphatic carbocycles. The molecule has 5 nitrogen and oxygen atoms in total. The normalized spacial score (nSPS) is 15.0. The van der Waals surface area contributed by atoms with Crippen molar-refractivity contribution in [3.8, 4) is 5.75 Å². The Balaban J connectivity index is 1.45. The molecule has 1 heterocycles. The first kappa shape index (κ1) is 19.2. The molecule has 3 rings (SSSR count). The van der Waals surface area contributed by atoms with Crippen LogP contribution in [-0.2, 0) is 6.42 Å². The number of carbonyl (C=O) groups excluding carboxylic acids is 1. The molecule has 27 heavy (non-hydrogen) atoms. The first-order valence-corrected chi connectivity index (χ1v) is 9.88. The molecule has 144 valence electrons. The molecule has 0 unspecified atom stereocenters. The summed E-state index contributed by atoms with van der Waals surface area (Å²) in [6.45, 7) is 0.591. The number of rotatable bonds is 7. The van der Waals surface area contributed by atoms with Gasteiger partial charge < -0.3 is 15.4 Å². The van der Waals surface area contributed by atoms with E-state index < -0.39 is 0 Å². The molecule has 2 aromatic rings. The van der Waals surface area contributed by atoms with Crippen LogP contribution in [0.1, 0.15) is 54.4 Å². The maximum absolute atomic E-state index is 12.3. The molecule has 1 aromatic heterocycles. The zero-order valence-corrected chi connectivity index (χ0v) is 16.0. The summed E-state index contributed by atoms with van der Waals surface area (Å²) in [6, 6.07) is 12.1. The second kappa shape index (κ2) is 9.95. The number of nitrogens with zero attached hydrogens (tertiary/aromatic N) is 1. The van der Waals surface area contributed by atoms with Gasteiger partial charge in [0.15, 0.2) is 0 Å². The Bertz CT molecular complexity index is 705. The molecule has 0 saturated heterocycles. The maximum Gasteiger partial charge on any atom is 0.252 e. The smallest absolute Gasteiger partial charge is 0.252 e. The van der Waals surface area contributed by atoms with Gasteiger partial charge in [-0.3, -0.25) is 4.79 Å². The fourth-order valence-electron chi connectivity index (χ4n) is 3.46. The van der Waals surface area contributed by atoms with Gasteiger partial charge >= 0.3 is 0 Å². The number of pyridine rings is 1. The quantitative estimate of drug-likeness (QED) is 0.720. The van der Waals surface area contributed by atoms with Gasteiger partial charge in [-0.05, 0) is 49.1 Å². The zero-order chi connectivity index (χ0) is 18.9. The standard InChI is InChI=1S/C22H29N3O2/c1-27-20-11-8-17(9-12-20)14-15-23-22(26)18-10-13-21(24-16-18)25-19-6-4-2-3-5-7-19/h8-13,16,19H,2-7,14-15H2,1H3,(H,23,26)(H,24,25). The number of ether oxygens (including phenoxy) is 1. The number of hydrogen-bond donors (Lipinski definition) is 2. The van der Waals surface area contributed by atoms with Gasteiger partial charge in [0.2, 0.25) is 0 Å². The molecular formula is C22H29N3O2. The van der Waals surface area contributed by atoms with Crippen LogP contribution in [-0.4, -0.2) is 30.6 Å². The van der Waals surface area contributed by atoms with Crippen molar-refractivity contribution in [2.75, 3.05) is 19.0 Å². The van der Waals surface area contributed by atoms with Crippen molar-refractivity contribution in [1.82, 2.24) is 10.3 Å². The largest absolute Gasteiger partial charge is 0.497 e. The highest BCUT2D eigenvalue weighted by Crippen LogP contribution is 2.20. The van der Waals surface area contributed by atoms with Crippen LogP contribution in [0, 0.1) is 0 Å². The highest BCUT2D eigenvalue weighted by atomic mass is 16.5. The Kier molecular flexibility index (Phi) is 7.08. The van der Waals surface area contributed by atoms with Gasteiger partial charge in [-0.25, -0.2) is 4.98 Å². The average molecular weight is 367 g/mol. The van der Waals surface area contributed by atoms with E-state index in [2.05, 4.69) is 15.6 Å². The monoisotopic (exact) mass is 367 g/mol. The van der Waals surface area contributed by atoms with Crippen molar-refractivity contribution in [2.45, 2.75) is 51.0 Å². The third-order valence-electron chi connectivity index (χ3n) is 5.09. The lowest BCUT2D eigenvalue weighted by Crippen LogP contribution is -2.26. The van der Waals surface area contributed by atoms with Crippen molar-refractivity contribution >= 4 is 11.7 Å². The molecule has 1 aromatic carbocycles. The fraction of sp³-hybridized carbons (Fsp3) is 0.455. The van der Waals surface area contributed by atoms with Crippen LogP contribution < -0.4 is 15.4 Å². The molecule has 0 aliphatic heterocycles. The maximum atomic E-state index is 12.3. The minimum atomic E-state index is -0.0861. The summed E-state index contributed by atoms with van der Waals surface area (Å²) in [4.78, 5) is 16.7. The van der Waals surface area contributed by atoms with Gasteiger partial charge in [0, 0.05) is 18.8 Å². The predicted octanol–water partition coefficient (Wildman–Crippen LogP) is 4.20. The molecule has 0 atom stereocenters. The number of anilines is 1. The highest BCUT2D eigenvalue weighted by molar-refractivity contribution is 5.94. The number of carbonyl (C=O) groups is 1. The van der Waals surface area contributed by atoms with E-state index in [9.17, 15) is 4.79 Å². The van der Waals surface area contributed by atoms with Crippen molar-refractivity contribution < 1.29 is 9.53 Å². The lowest BCUT2D eigenvalue weighted by atomic mass is 10.1. The van der Waals surface area contributed by atoms with Crippen LogP contribution >= 0.6 is 0 Å². The Labute approximate surface area is 161 Å². The molecule has 1 fully saturated rings. The second-order valence-corrected chi connectivity index (χ2v) is 7.12. The van der Waals surface area contributed by atoms with E-state index in [0.29, 0.717) is 18.2 Å². The van der Waals surface area contributed by atoms with Gasteiger partial charge in [-0.2, -0.15) is 0 Å². The summed E-state index contributed by atoms with van der Waals surface area (Å²) < 4.78 is 5.15. The Hall–Kier alpha value is -2.56. The van der Waals surface area contributed by atoms with Gasteiger partial charge in [0.05, 0.1) is 12.7 Å². The van der Waals surface area contributed by atoms with E-state index >= 15 is 0 Å². The van der Waals surface area contributed by atoms with Crippen molar-refractivity contribution in [1.29, 1.82) is 0 Å². The zero-order valence-electron chi connectivity index (χ0n) is 16.0. The Morgan fingerprint density at radius 2 is 1.81 bits per heavy atom. The SMILES string of the molecule is COc1ccc(CCNC(=O)c2ccc(NC3CCCCCC3)nc2)cc1. The first-order chi connectivity index (χ1) is 13.2. The van der Waals surface area contributed by atoms with E-state index in [1.165, 1.54) is 38.5 Å². The van der Waals surface area contributed by atoms with Crippen molar-refractivity contribution in [2.24, 2.45) is 0 Å². The first-order valence-electron chi connectivity index (χ1n) is 9.88. The summed E-state index contributed by atoms with van der Waals surface area (Å²) in [6.07, 6.45) is 10.1. The number of methoxy groups -OCH3 is 1. The molecule has 0 radical (unpaired) electrons. The van der Waals surface area contributed by atoms with Crippen LogP contribution in [0.4, 0.5) is 5.82 Å². The summed E-state index contributed by atoms with van der Waals surface area (Å²) >= 11 is 0. The fourth-order valence-corrected chi connectivity index (χ4v) is 3.46. The van der Waals surface area contributed by atoms with E-state index in [0.717, 1.165) is 23.6 Å². The van der Waals surface area contributed by atoms with Gasteiger partial charge in [-0.15, -0.1) is 0 Å². The average Bonchev–Trinajstić information content (AvgIpc) is 2.98. The van der Waals surface area contributed by atoms with Gasteiger partial charge in [-0.1, -0.05) is 37.8 Å².